The molecule has 0 aromatic carbocycles. The number of carbonyl (C=O) groups is 1. The first-order chi connectivity index (χ1) is 13.1. The van der Waals surface area contributed by atoms with Crippen LogP contribution < -0.4 is 0 Å². The average molecular weight is 362 g/mol. The summed E-state index contributed by atoms with van der Waals surface area (Å²) in [6.45, 7) is 2.24. The minimum Gasteiger partial charge on any atom is -0.345 e. The molecule has 2 saturated carbocycles. The molecule has 7 nitrogen and oxygen atoms in total. The minimum absolute atomic E-state index is 0.0574. The van der Waals surface area contributed by atoms with E-state index >= 15 is 0 Å². The fourth-order valence-electron chi connectivity index (χ4n) is 4.71. The van der Waals surface area contributed by atoms with Crippen molar-refractivity contribution >= 4 is 22.6 Å². The van der Waals surface area contributed by atoms with Gasteiger partial charge in [0.05, 0.1) is 17.8 Å². The van der Waals surface area contributed by atoms with Crippen LogP contribution in [0.2, 0.25) is 0 Å². The van der Waals surface area contributed by atoms with E-state index in [-0.39, 0.29) is 17.6 Å². The number of fused-ring (bicyclic) bond motifs is 3. The van der Waals surface area contributed by atoms with Crippen molar-refractivity contribution in [2.24, 2.45) is 17.3 Å². The molecule has 138 valence electrons. The summed E-state index contributed by atoms with van der Waals surface area (Å²) in [6.07, 6.45) is 8.75. The van der Waals surface area contributed by atoms with Crippen LogP contribution in [0, 0.1) is 28.6 Å². The lowest BCUT2D eigenvalue weighted by Crippen LogP contribution is -2.26. The minimum atomic E-state index is -0.701. The summed E-state index contributed by atoms with van der Waals surface area (Å²) in [7, 11) is 0. The molecule has 3 aromatic rings. The first-order valence-electron chi connectivity index (χ1n) is 9.76. The first-order valence-corrected chi connectivity index (χ1v) is 9.76. The Bertz CT molecular complexity index is 1070. The Morgan fingerprint density at radius 2 is 2.22 bits per heavy atom. The zero-order valence-corrected chi connectivity index (χ0v) is 15.4. The largest absolute Gasteiger partial charge is 0.345 e. The van der Waals surface area contributed by atoms with Crippen LogP contribution >= 0.6 is 0 Å². The maximum absolute atomic E-state index is 13.0. The third-order valence-corrected chi connectivity index (χ3v) is 6.54. The summed E-state index contributed by atoms with van der Waals surface area (Å²) in [5.74, 6) is 1.57. The lowest BCUT2D eigenvalue weighted by Gasteiger charge is -2.23. The zero-order chi connectivity index (χ0) is 18.6. The number of H-pyrrole nitrogens is 1. The van der Waals surface area contributed by atoms with E-state index in [1.807, 2.05) is 12.3 Å². The van der Waals surface area contributed by atoms with E-state index in [9.17, 15) is 10.1 Å². The van der Waals surface area contributed by atoms with Gasteiger partial charge in [-0.15, -0.1) is 10.2 Å². The van der Waals surface area contributed by atoms with Gasteiger partial charge in [-0.25, -0.2) is 4.98 Å². The Morgan fingerprint density at radius 1 is 1.37 bits per heavy atom. The van der Waals surface area contributed by atoms with Gasteiger partial charge in [-0.2, -0.15) is 5.26 Å². The van der Waals surface area contributed by atoms with Crippen LogP contribution in [0.25, 0.3) is 16.8 Å². The molecule has 1 N–H and O–H groups in total. The number of nitrogens with one attached hydrogen (secondary N) is 1. The number of nitrogens with zero attached hydrogens (tertiary/aromatic N) is 5. The molecular formula is C20H22N6O. The highest BCUT2D eigenvalue weighted by Crippen LogP contribution is 2.50. The van der Waals surface area contributed by atoms with Gasteiger partial charge in [-0.05, 0) is 44.1 Å². The van der Waals surface area contributed by atoms with Gasteiger partial charge in [0.2, 0.25) is 0 Å². The number of aromatic amines is 1. The normalized spacial score (nSPS) is 27.3. The zero-order valence-electron chi connectivity index (χ0n) is 15.4. The molecule has 7 heteroatoms. The van der Waals surface area contributed by atoms with Crippen molar-refractivity contribution < 1.29 is 4.79 Å². The molecule has 3 aromatic heterocycles. The summed E-state index contributed by atoms with van der Waals surface area (Å²) in [5, 5.41) is 18.3. The number of hydrogen-bond donors (Lipinski definition) is 1. The maximum atomic E-state index is 13.0. The SMILES string of the molecule is C[C@H]1CCCC(C(=O)C2(C#N)CC2)C[C@H]1c1nnc2cnc3[nH]ccc3n12. The van der Waals surface area contributed by atoms with Gasteiger partial charge >= 0.3 is 0 Å². The van der Waals surface area contributed by atoms with E-state index in [1.165, 1.54) is 0 Å². The van der Waals surface area contributed by atoms with Gasteiger partial charge in [0.15, 0.2) is 17.1 Å². The van der Waals surface area contributed by atoms with Gasteiger partial charge in [0.25, 0.3) is 0 Å². The predicted molar refractivity (Wildman–Crippen MR) is 98.8 cm³/mol. The van der Waals surface area contributed by atoms with Crippen LogP contribution in [0.3, 0.4) is 0 Å². The Labute approximate surface area is 156 Å². The second-order valence-corrected chi connectivity index (χ2v) is 8.23. The molecule has 0 spiro atoms. The predicted octanol–water partition coefficient (Wildman–Crippen LogP) is 3.39. The Kier molecular flexibility index (Phi) is 3.58. The Hall–Kier alpha value is -2.75. The smallest absolute Gasteiger partial charge is 0.179 e. The molecule has 2 aliphatic carbocycles. The molecular weight excluding hydrogens is 340 g/mol. The quantitative estimate of drug-likeness (QED) is 0.720. The molecule has 0 radical (unpaired) electrons. The summed E-state index contributed by atoms with van der Waals surface area (Å²) in [5.41, 5.74) is 1.79. The van der Waals surface area contributed by atoms with Crippen LogP contribution in [0.15, 0.2) is 18.5 Å². The van der Waals surface area contributed by atoms with E-state index in [1.54, 1.807) is 6.20 Å². The highest BCUT2D eigenvalue weighted by atomic mass is 16.1. The molecule has 0 saturated heterocycles. The standard InChI is InChI=1S/C20H22N6O/c1-12-3-2-4-13(17(27)20(11-21)6-7-20)9-14(12)19-25-24-16-10-23-18-15(26(16)19)5-8-22-18/h5,8,10,12-14,22H,2-4,6-7,9H2,1H3/t12-,13?,14+/m0/s1. The van der Waals surface area contributed by atoms with Crippen molar-refractivity contribution in [2.75, 3.05) is 0 Å². The maximum Gasteiger partial charge on any atom is 0.179 e. The number of nitriles is 1. The number of ketones is 1. The van der Waals surface area contributed by atoms with Gasteiger partial charge < -0.3 is 4.98 Å². The lowest BCUT2D eigenvalue weighted by molar-refractivity contribution is -0.126. The van der Waals surface area contributed by atoms with Crippen LogP contribution in [0.4, 0.5) is 0 Å². The van der Waals surface area contributed by atoms with Crippen LogP contribution in [0.1, 0.15) is 57.2 Å². The molecule has 0 aliphatic heterocycles. The van der Waals surface area contributed by atoms with Crippen molar-refractivity contribution in [1.82, 2.24) is 24.6 Å². The second-order valence-electron chi connectivity index (χ2n) is 8.23. The van der Waals surface area contributed by atoms with Crippen LogP contribution in [-0.4, -0.2) is 30.3 Å². The third kappa shape index (κ3) is 2.47. The monoisotopic (exact) mass is 362 g/mol. The molecule has 1 unspecified atom stereocenters. The van der Waals surface area contributed by atoms with E-state index in [0.29, 0.717) is 5.92 Å². The number of Topliss-reactive ketones (excluding diaryl/α,β-unsaturated/α-hetero) is 1. The van der Waals surface area contributed by atoms with Crippen LogP contribution in [0.5, 0.6) is 0 Å². The van der Waals surface area contributed by atoms with E-state index in [0.717, 1.165) is 61.2 Å². The molecule has 0 bridgehead atoms. The molecule has 2 fully saturated rings. The summed E-state index contributed by atoms with van der Waals surface area (Å²) in [6, 6.07) is 4.27. The fraction of sp³-hybridized carbons (Fsp3) is 0.550. The van der Waals surface area contributed by atoms with E-state index in [2.05, 4.69) is 37.6 Å². The Morgan fingerprint density at radius 3 is 3.00 bits per heavy atom. The van der Waals surface area contributed by atoms with Crippen molar-refractivity contribution in [3.63, 3.8) is 0 Å². The molecule has 0 amide bonds. The lowest BCUT2D eigenvalue weighted by atomic mass is 9.81. The first kappa shape index (κ1) is 16.4. The van der Waals surface area contributed by atoms with E-state index < -0.39 is 5.41 Å². The Balaban J connectivity index is 1.56. The molecule has 3 heterocycles. The second kappa shape index (κ2) is 5.88. The van der Waals surface area contributed by atoms with Crippen molar-refractivity contribution in [1.29, 1.82) is 5.26 Å². The topological polar surface area (TPSA) is 99.7 Å². The number of aromatic nitrogens is 5. The summed E-state index contributed by atoms with van der Waals surface area (Å²) < 4.78 is 2.07. The van der Waals surface area contributed by atoms with E-state index in [4.69, 9.17) is 0 Å². The van der Waals surface area contributed by atoms with Crippen molar-refractivity contribution in [2.45, 2.75) is 51.4 Å². The number of hydrogen-bond acceptors (Lipinski definition) is 5. The van der Waals surface area contributed by atoms with Crippen LogP contribution in [-0.2, 0) is 4.79 Å². The molecule has 3 atom stereocenters. The highest BCUT2D eigenvalue weighted by Gasteiger charge is 2.53. The number of carbonyl (C=O) groups excluding carboxylic acids is 1. The molecule has 27 heavy (non-hydrogen) atoms. The summed E-state index contributed by atoms with van der Waals surface area (Å²) >= 11 is 0. The van der Waals surface area contributed by atoms with Gasteiger partial charge in [-0.3, -0.25) is 9.20 Å². The van der Waals surface area contributed by atoms with Gasteiger partial charge in [-0.1, -0.05) is 13.3 Å². The molecule has 2 aliphatic rings. The van der Waals surface area contributed by atoms with Gasteiger partial charge in [0.1, 0.15) is 11.2 Å². The fourth-order valence-corrected chi connectivity index (χ4v) is 4.71. The molecule has 5 rings (SSSR count). The van der Waals surface area contributed by atoms with Crippen molar-refractivity contribution in [3.05, 3.63) is 24.3 Å². The van der Waals surface area contributed by atoms with Gasteiger partial charge in [0, 0.05) is 18.0 Å². The number of rotatable bonds is 3. The van der Waals surface area contributed by atoms with Crippen molar-refractivity contribution in [3.8, 4) is 6.07 Å². The highest BCUT2D eigenvalue weighted by molar-refractivity contribution is 5.92. The third-order valence-electron chi connectivity index (χ3n) is 6.54. The average Bonchev–Trinajstić information content (AvgIpc) is 3.20. The summed E-state index contributed by atoms with van der Waals surface area (Å²) in [4.78, 5) is 20.6.